The Morgan fingerprint density at radius 3 is 2.67 bits per heavy atom. The van der Waals surface area contributed by atoms with Crippen LogP contribution in [0.3, 0.4) is 0 Å². The summed E-state index contributed by atoms with van der Waals surface area (Å²) in [6.07, 6.45) is 0. The van der Waals surface area contributed by atoms with E-state index in [-0.39, 0.29) is 31.4 Å². The highest BCUT2D eigenvalue weighted by molar-refractivity contribution is 5.85. The zero-order chi connectivity index (χ0) is 7.40. The van der Waals surface area contributed by atoms with Gasteiger partial charge in [-0.05, 0) is 6.92 Å². The topological polar surface area (TPSA) is 35.5 Å². The molecule has 0 spiro atoms. The van der Waals surface area contributed by atoms with Crippen molar-refractivity contribution in [1.82, 2.24) is 10.2 Å². The number of hydrogen-bond acceptors (Lipinski definition) is 3. The average Bonchev–Trinajstić information content (AvgIpc) is 1.88. The lowest BCUT2D eigenvalue weighted by molar-refractivity contribution is 0.161. The maximum Gasteiger partial charge on any atom is 0.0558 e. The predicted octanol–water partition coefficient (Wildman–Crippen LogP) is 0.116. The molecule has 1 heterocycles. The minimum atomic E-state index is 0. The largest absolute Gasteiger partial charge is 0.395 e. The van der Waals surface area contributed by atoms with Crippen LogP contribution in [-0.4, -0.2) is 48.8 Å². The van der Waals surface area contributed by atoms with Gasteiger partial charge >= 0.3 is 0 Å². The molecule has 12 heavy (non-hydrogen) atoms. The third kappa shape index (κ3) is 5.17. The number of nitrogens with zero attached hydrogens (tertiary/aromatic N) is 1. The number of halogens is 2. The molecule has 1 rings (SSSR count). The quantitative estimate of drug-likeness (QED) is 0.689. The molecule has 0 bridgehead atoms. The van der Waals surface area contributed by atoms with Gasteiger partial charge in [-0.2, -0.15) is 0 Å². The lowest BCUT2D eigenvalue weighted by Crippen LogP contribution is -2.49. The monoisotopic (exact) mass is 216 g/mol. The van der Waals surface area contributed by atoms with Gasteiger partial charge in [-0.1, -0.05) is 0 Å². The Morgan fingerprint density at radius 1 is 1.50 bits per heavy atom. The molecule has 0 radical (unpaired) electrons. The third-order valence-corrected chi connectivity index (χ3v) is 1.87. The van der Waals surface area contributed by atoms with Crippen LogP contribution >= 0.6 is 24.8 Å². The molecule has 0 saturated carbocycles. The normalized spacial score (nSPS) is 24.0. The van der Waals surface area contributed by atoms with Crippen molar-refractivity contribution in [3.63, 3.8) is 0 Å². The summed E-state index contributed by atoms with van der Waals surface area (Å²) in [5, 5.41) is 12.0. The van der Waals surface area contributed by atoms with Crippen LogP contribution in [0.1, 0.15) is 6.92 Å². The summed E-state index contributed by atoms with van der Waals surface area (Å²) >= 11 is 0. The molecule has 0 aromatic carbocycles. The summed E-state index contributed by atoms with van der Waals surface area (Å²) in [5.74, 6) is 0. The fourth-order valence-electron chi connectivity index (χ4n) is 1.36. The number of nitrogens with one attached hydrogen (secondary N) is 1. The van der Waals surface area contributed by atoms with Crippen LogP contribution < -0.4 is 5.32 Å². The SMILES string of the molecule is C[C@@H]1CN(CCO)CCN1.Cl.Cl. The molecule has 1 atom stereocenters. The highest BCUT2D eigenvalue weighted by Crippen LogP contribution is 1.96. The Labute approximate surface area is 86.3 Å². The fraction of sp³-hybridized carbons (Fsp3) is 1.00. The molecule has 1 aliphatic rings. The number of piperazine rings is 1. The van der Waals surface area contributed by atoms with Crippen molar-refractivity contribution in [2.45, 2.75) is 13.0 Å². The lowest BCUT2D eigenvalue weighted by atomic mass is 10.2. The maximum absolute atomic E-state index is 8.64. The molecule has 0 aromatic heterocycles. The van der Waals surface area contributed by atoms with E-state index in [0.29, 0.717) is 6.04 Å². The van der Waals surface area contributed by atoms with E-state index in [4.69, 9.17) is 5.11 Å². The fourth-order valence-corrected chi connectivity index (χ4v) is 1.36. The molecule has 1 saturated heterocycles. The van der Waals surface area contributed by atoms with E-state index in [1.54, 1.807) is 0 Å². The van der Waals surface area contributed by atoms with Gasteiger partial charge in [0.1, 0.15) is 0 Å². The van der Waals surface area contributed by atoms with Gasteiger partial charge in [-0.15, -0.1) is 24.8 Å². The minimum absolute atomic E-state index is 0. The Kier molecular flexibility index (Phi) is 10.1. The number of aliphatic hydroxyl groups is 1. The van der Waals surface area contributed by atoms with E-state index in [9.17, 15) is 0 Å². The number of rotatable bonds is 2. The second-order valence-electron chi connectivity index (χ2n) is 2.88. The van der Waals surface area contributed by atoms with Gasteiger partial charge in [0.2, 0.25) is 0 Å². The van der Waals surface area contributed by atoms with Crippen LogP contribution in [-0.2, 0) is 0 Å². The first-order valence-electron chi connectivity index (χ1n) is 3.89. The molecule has 0 amide bonds. The van der Waals surface area contributed by atoms with Crippen molar-refractivity contribution in [3.8, 4) is 0 Å². The van der Waals surface area contributed by atoms with Gasteiger partial charge in [-0.25, -0.2) is 0 Å². The third-order valence-electron chi connectivity index (χ3n) is 1.87. The number of β-amino-alcohol motifs (C(OH)–C–C–N with tert-alkyl or cyclic N) is 1. The first kappa shape index (κ1) is 15.0. The molecule has 76 valence electrons. The Hall–Kier alpha value is 0.460. The van der Waals surface area contributed by atoms with Crippen LogP contribution in [0.15, 0.2) is 0 Å². The van der Waals surface area contributed by atoms with Crippen molar-refractivity contribution >= 4 is 24.8 Å². The first-order valence-corrected chi connectivity index (χ1v) is 3.89. The van der Waals surface area contributed by atoms with Crippen molar-refractivity contribution in [2.75, 3.05) is 32.8 Å². The van der Waals surface area contributed by atoms with E-state index in [0.717, 1.165) is 26.2 Å². The molecule has 5 heteroatoms. The van der Waals surface area contributed by atoms with E-state index in [1.807, 2.05) is 0 Å². The van der Waals surface area contributed by atoms with Crippen LogP contribution in [0.4, 0.5) is 0 Å². The minimum Gasteiger partial charge on any atom is -0.395 e. The molecule has 1 aliphatic heterocycles. The Balaban J connectivity index is 0. The highest BCUT2D eigenvalue weighted by Gasteiger charge is 2.13. The number of aliphatic hydroxyl groups excluding tert-OH is 1. The van der Waals surface area contributed by atoms with E-state index in [1.165, 1.54) is 0 Å². The summed E-state index contributed by atoms with van der Waals surface area (Å²) in [4.78, 5) is 2.28. The standard InChI is InChI=1S/C7H16N2O.2ClH/c1-7-6-9(4-5-10)3-2-8-7;;/h7-8,10H,2-6H2,1H3;2*1H/t7-;;/m1../s1. The van der Waals surface area contributed by atoms with E-state index >= 15 is 0 Å². The smallest absolute Gasteiger partial charge is 0.0558 e. The van der Waals surface area contributed by atoms with Crippen LogP contribution in [0.25, 0.3) is 0 Å². The van der Waals surface area contributed by atoms with Crippen LogP contribution in [0, 0.1) is 0 Å². The van der Waals surface area contributed by atoms with Gasteiger partial charge in [0.15, 0.2) is 0 Å². The molecule has 1 fully saturated rings. The second-order valence-corrected chi connectivity index (χ2v) is 2.88. The molecular weight excluding hydrogens is 199 g/mol. The zero-order valence-electron chi connectivity index (χ0n) is 7.32. The molecule has 3 nitrogen and oxygen atoms in total. The van der Waals surface area contributed by atoms with Crippen molar-refractivity contribution in [1.29, 1.82) is 0 Å². The average molecular weight is 217 g/mol. The summed E-state index contributed by atoms with van der Waals surface area (Å²) < 4.78 is 0. The molecular formula is C7H18Cl2N2O. The summed E-state index contributed by atoms with van der Waals surface area (Å²) in [5.41, 5.74) is 0. The molecule has 0 unspecified atom stereocenters. The van der Waals surface area contributed by atoms with Crippen LogP contribution in [0.5, 0.6) is 0 Å². The zero-order valence-corrected chi connectivity index (χ0v) is 8.96. The van der Waals surface area contributed by atoms with Gasteiger partial charge in [-0.3, -0.25) is 4.90 Å². The van der Waals surface area contributed by atoms with Gasteiger partial charge < -0.3 is 10.4 Å². The predicted molar refractivity (Wildman–Crippen MR) is 55.5 cm³/mol. The summed E-state index contributed by atoms with van der Waals surface area (Å²) in [6, 6.07) is 0.584. The van der Waals surface area contributed by atoms with Crippen molar-refractivity contribution in [2.24, 2.45) is 0 Å². The summed E-state index contributed by atoms with van der Waals surface area (Å²) in [7, 11) is 0. The number of hydrogen-bond donors (Lipinski definition) is 2. The van der Waals surface area contributed by atoms with Gasteiger partial charge in [0, 0.05) is 32.2 Å². The van der Waals surface area contributed by atoms with Crippen LogP contribution in [0.2, 0.25) is 0 Å². The molecule has 2 N–H and O–H groups in total. The van der Waals surface area contributed by atoms with Crippen molar-refractivity contribution in [3.05, 3.63) is 0 Å². The Bertz CT molecular complexity index is 103. The Morgan fingerprint density at radius 2 is 2.17 bits per heavy atom. The van der Waals surface area contributed by atoms with Crippen molar-refractivity contribution < 1.29 is 5.11 Å². The highest BCUT2D eigenvalue weighted by atomic mass is 35.5. The van der Waals surface area contributed by atoms with Gasteiger partial charge in [0.05, 0.1) is 6.61 Å². The summed E-state index contributed by atoms with van der Waals surface area (Å²) in [6.45, 7) is 6.48. The first-order chi connectivity index (χ1) is 4.83. The maximum atomic E-state index is 8.64. The van der Waals surface area contributed by atoms with Gasteiger partial charge in [0.25, 0.3) is 0 Å². The molecule has 0 aromatic rings. The van der Waals surface area contributed by atoms with E-state index in [2.05, 4.69) is 17.1 Å². The second kappa shape index (κ2) is 8.08. The lowest BCUT2D eigenvalue weighted by Gasteiger charge is -2.31. The molecule has 0 aliphatic carbocycles. The van der Waals surface area contributed by atoms with E-state index < -0.39 is 0 Å².